The lowest BCUT2D eigenvalue weighted by atomic mass is 9.97. The summed E-state index contributed by atoms with van der Waals surface area (Å²) in [5.41, 5.74) is 3.20. The van der Waals surface area contributed by atoms with Gasteiger partial charge in [-0.15, -0.1) is 0 Å². The molecular formula is C24H22BrN3O. The van der Waals surface area contributed by atoms with Crippen LogP contribution in [0.3, 0.4) is 0 Å². The number of nitriles is 1. The van der Waals surface area contributed by atoms with Crippen LogP contribution in [0.4, 0.5) is 0 Å². The summed E-state index contributed by atoms with van der Waals surface area (Å²) in [6, 6.07) is 16.2. The second-order valence-corrected chi connectivity index (χ2v) is 9.29. The Morgan fingerprint density at radius 2 is 1.86 bits per heavy atom. The largest absolute Gasteiger partial charge is 0.294 e. The van der Waals surface area contributed by atoms with Crippen LogP contribution in [0, 0.1) is 17.2 Å². The standard InChI is InChI=1S/C24H22BrN3O/c25-20-10-9-19(14-26)21(13-20)17-5-3-16(4-6-17)15-28-22(18-7-8-18)27-24(23(28)29)11-1-2-12-24/h3-6,9-10,13,18H,1-2,7-8,11-12,15H2. The smallest absolute Gasteiger partial charge is 0.256 e. The van der Waals surface area contributed by atoms with Gasteiger partial charge in [-0.05, 0) is 55.0 Å². The molecule has 3 aliphatic rings. The van der Waals surface area contributed by atoms with Gasteiger partial charge in [0.25, 0.3) is 5.91 Å². The molecule has 29 heavy (non-hydrogen) atoms. The van der Waals surface area contributed by atoms with Gasteiger partial charge in [-0.3, -0.25) is 14.7 Å². The average Bonchev–Trinajstić information content (AvgIpc) is 3.42. The van der Waals surface area contributed by atoms with Gasteiger partial charge in [0.1, 0.15) is 11.4 Å². The summed E-state index contributed by atoms with van der Waals surface area (Å²) in [5.74, 6) is 1.71. The van der Waals surface area contributed by atoms with Crippen molar-refractivity contribution in [3.05, 3.63) is 58.1 Å². The summed E-state index contributed by atoms with van der Waals surface area (Å²) in [7, 11) is 0. The number of hydrogen-bond donors (Lipinski definition) is 0. The number of aliphatic imine (C=N–C) groups is 1. The lowest BCUT2D eigenvalue weighted by Gasteiger charge is -2.22. The first kappa shape index (κ1) is 18.6. The lowest BCUT2D eigenvalue weighted by Crippen LogP contribution is -2.41. The molecule has 0 bridgehead atoms. The number of halogens is 1. The highest BCUT2D eigenvalue weighted by molar-refractivity contribution is 9.10. The molecule has 2 aliphatic carbocycles. The number of hydrogen-bond acceptors (Lipinski definition) is 3. The molecule has 0 aromatic heterocycles. The number of amides is 1. The molecule has 5 heteroatoms. The van der Waals surface area contributed by atoms with Crippen LogP contribution in [0.5, 0.6) is 0 Å². The molecule has 146 valence electrons. The van der Waals surface area contributed by atoms with Gasteiger partial charge < -0.3 is 0 Å². The highest BCUT2D eigenvalue weighted by Crippen LogP contribution is 2.44. The van der Waals surface area contributed by atoms with E-state index >= 15 is 0 Å². The molecule has 2 fully saturated rings. The number of carbonyl (C=O) groups is 1. The Balaban J connectivity index is 1.40. The van der Waals surface area contributed by atoms with E-state index < -0.39 is 5.54 Å². The zero-order valence-electron chi connectivity index (χ0n) is 16.2. The molecule has 1 spiro atoms. The average molecular weight is 448 g/mol. The van der Waals surface area contributed by atoms with Crippen molar-refractivity contribution < 1.29 is 4.79 Å². The zero-order chi connectivity index (χ0) is 20.0. The number of benzene rings is 2. The van der Waals surface area contributed by atoms with E-state index in [0.29, 0.717) is 18.0 Å². The molecule has 0 N–H and O–H groups in total. The summed E-state index contributed by atoms with van der Waals surface area (Å²) in [4.78, 5) is 20.2. The molecule has 1 amide bonds. The molecule has 0 saturated heterocycles. The van der Waals surface area contributed by atoms with Crippen LogP contribution >= 0.6 is 15.9 Å². The third-order valence-corrected chi connectivity index (χ3v) is 6.82. The van der Waals surface area contributed by atoms with Gasteiger partial charge in [-0.1, -0.05) is 53.0 Å². The number of amidine groups is 1. The van der Waals surface area contributed by atoms with Crippen LogP contribution in [0.15, 0.2) is 51.9 Å². The highest BCUT2D eigenvalue weighted by atomic mass is 79.9. The van der Waals surface area contributed by atoms with Gasteiger partial charge in [-0.2, -0.15) is 5.26 Å². The van der Waals surface area contributed by atoms with Crippen LogP contribution < -0.4 is 0 Å². The maximum absolute atomic E-state index is 13.3. The maximum Gasteiger partial charge on any atom is 0.256 e. The fourth-order valence-electron chi connectivity index (χ4n) is 4.60. The first-order chi connectivity index (χ1) is 14.1. The van der Waals surface area contributed by atoms with E-state index in [9.17, 15) is 10.1 Å². The van der Waals surface area contributed by atoms with Crippen LogP contribution in [-0.4, -0.2) is 22.2 Å². The predicted octanol–water partition coefficient (Wildman–Crippen LogP) is 5.45. The lowest BCUT2D eigenvalue weighted by molar-refractivity contribution is -0.131. The Bertz CT molecular complexity index is 1040. The van der Waals surface area contributed by atoms with Crippen LogP contribution in [-0.2, 0) is 11.3 Å². The minimum absolute atomic E-state index is 0.208. The predicted molar refractivity (Wildman–Crippen MR) is 116 cm³/mol. The third-order valence-electron chi connectivity index (χ3n) is 6.33. The highest BCUT2D eigenvalue weighted by Gasteiger charge is 2.52. The van der Waals surface area contributed by atoms with E-state index in [1.807, 2.05) is 35.2 Å². The number of nitrogens with zero attached hydrogens (tertiary/aromatic N) is 3. The fourth-order valence-corrected chi connectivity index (χ4v) is 4.96. The first-order valence-corrected chi connectivity index (χ1v) is 11.1. The van der Waals surface area contributed by atoms with Crippen molar-refractivity contribution in [1.82, 2.24) is 4.90 Å². The molecule has 0 radical (unpaired) electrons. The second kappa shape index (κ2) is 7.11. The molecule has 2 aromatic carbocycles. The van der Waals surface area contributed by atoms with Crippen molar-refractivity contribution in [2.24, 2.45) is 10.9 Å². The molecule has 1 heterocycles. The fraction of sp³-hybridized carbons (Fsp3) is 0.375. The van der Waals surface area contributed by atoms with Crippen molar-refractivity contribution in [2.45, 2.75) is 50.6 Å². The minimum Gasteiger partial charge on any atom is -0.294 e. The Hall–Kier alpha value is -2.45. The van der Waals surface area contributed by atoms with Gasteiger partial charge >= 0.3 is 0 Å². The minimum atomic E-state index is -0.462. The molecule has 0 unspecified atom stereocenters. The topological polar surface area (TPSA) is 56.5 Å². The first-order valence-electron chi connectivity index (χ1n) is 10.3. The summed E-state index contributed by atoms with van der Waals surface area (Å²) in [6.07, 6.45) is 6.30. The normalized spacial score (nSPS) is 20.2. The second-order valence-electron chi connectivity index (χ2n) is 8.37. The summed E-state index contributed by atoms with van der Waals surface area (Å²) in [5, 5.41) is 9.41. The molecule has 2 saturated carbocycles. The van der Waals surface area contributed by atoms with Gasteiger partial charge in [-0.25, -0.2) is 0 Å². The van der Waals surface area contributed by atoms with Crippen molar-refractivity contribution in [3.8, 4) is 17.2 Å². The van der Waals surface area contributed by atoms with E-state index in [4.69, 9.17) is 4.99 Å². The molecule has 0 atom stereocenters. The Morgan fingerprint density at radius 1 is 1.14 bits per heavy atom. The number of carbonyl (C=O) groups excluding carboxylic acids is 1. The van der Waals surface area contributed by atoms with Gasteiger partial charge in [0, 0.05) is 16.0 Å². The third kappa shape index (κ3) is 3.30. The monoisotopic (exact) mass is 447 g/mol. The van der Waals surface area contributed by atoms with Crippen molar-refractivity contribution in [2.75, 3.05) is 0 Å². The molecule has 1 aliphatic heterocycles. The molecule has 5 rings (SSSR count). The molecular weight excluding hydrogens is 426 g/mol. The van der Waals surface area contributed by atoms with Crippen molar-refractivity contribution >= 4 is 27.7 Å². The number of rotatable bonds is 4. The Labute approximate surface area is 179 Å². The van der Waals surface area contributed by atoms with Crippen molar-refractivity contribution in [1.29, 1.82) is 5.26 Å². The SMILES string of the molecule is N#Cc1ccc(Br)cc1-c1ccc(CN2C(=O)C3(CCCC3)N=C2C2CC2)cc1. The maximum atomic E-state index is 13.3. The van der Waals surface area contributed by atoms with Crippen LogP contribution in [0.1, 0.15) is 49.7 Å². The van der Waals surface area contributed by atoms with Crippen LogP contribution in [0.2, 0.25) is 0 Å². The van der Waals surface area contributed by atoms with E-state index in [-0.39, 0.29) is 5.91 Å². The van der Waals surface area contributed by atoms with E-state index in [2.05, 4.69) is 34.1 Å². The Kier molecular flexibility index (Phi) is 4.55. The summed E-state index contributed by atoms with van der Waals surface area (Å²) >= 11 is 3.49. The summed E-state index contributed by atoms with van der Waals surface area (Å²) < 4.78 is 0.949. The summed E-state index contributed by atoms with van der Waals surface area (Å²) in [6.45, 7) is 0.583. The molecule has 2 aromatic rings. The van der Waals surface area contributed by atoms with E-state index in [1.54, 1.807) is 0 Å². The van der Waals surface area contributed by atoms with E-state index in [1.165, 1.54) is 0 Å². The quantitative estimate of drug-likeness (QED) is 0.625. The van der Waals surface area contributed by atoms with Gasteiger partial charge in [0.15, 0.2) is 0 Å². The van der Waals surface area contributed by atoms with Gasteiger partial charge in [0.2, 0.25) is 0 Å². The zero-order valence-corrected chi connectivity index (χ0v) is 17.8. The molecule has 4 nitrogen and oxygen atoms in total. The van der Waals surface area contributed by atoms with Crippen molar-refractivity contribution in [3.63, 3.8) is 0 Å². The van der Waals surface area contributed by atoms with Gasteiger partial charge in [0.05, 0.1) is 18.2 Å². The van der Waals surface area contributed by atoms with Crippen LogP contribution in [0.25, 0.3) is 11.1 Å². The Morgan fingerprint density at radius 3 is 2.52 bits per heavy atom. The van der Waals surface area contributed by atoms with E-state index in [0.717, 1.165) is 65.5 Å².